The molecule has 0 radical (unpaired) electrons. The lowest BCUT2D eigenvalue weighted by atomic mass is 9.56. The number of esters is 1. The van der Waals surface area contributed by atoms with Gasteiger partial charge in [-0.3, -0.25) is 9.59 Å². The van der Waals surface area contributed by atoms with Crippen LogP contribution in [0.1, 0.15) is 90.9 Å². The van der Waals surface area contributed by atoms with Gasteiger partial charge in [-0.25, -0.2) is 0 Å². The average molecular weight is 442 g/mol. The van der Waals surface area contributed by atoms with Crippen LogP contribution >= 0.6 is 0 Å². The zero-order valence-corrected chi connectivity index (χ0v) is 20.0. The molecule has 32 heavy (non-hydrogen) atoms. The first kappa shape index (κ1) is 22.2. The first-order chi connectivity index (χ1) is 15.2. The van der Waals surface area contributed by atoms with Crippen LogP contribution in [0.2, 0.25) is 0 Å². The molecule has 6 heteroatoms. The second-order valence-corrected chi connectivity index (χ2v) is 12.3. The second kappa shape index (κ2) is 7.72. The van der Waals surface area contributed by atoms with Crippen LogP contribution in [-0.4, -0.2) is 47.0 Å². The lowest BCUT2D eigenvalue weighted by Crippen LogP contribution is -2.53. The van der Waals surface area contributed by atoms with Gasteiger partial charge in [0.05, 0.1) is 12.5 Å². The molecule has 0 aromatic rings. The number of carbonyl (C=O) groups excluding carboxylic acids is 2. The SMILES string of the molecule is CCC1CC2CC(C)(CC(=O)N3C(C#N)CC4CC43)CC(OC(=O)CC3(NC)CC3)(C1)C2. The highest BCUT2D eigenvalue weighted by Crippen LogP contribution is 2.57. The Labute approximate surface area is 192 Å². The zero-order valence-electron chi connectivity index (χ0n) is 20.0. The van der Waals surface area contributed by atoms with E-state index in [9.17, 15) is 14.9 Å². The number of hydrogen-bond donors (Lipinski definition) is 1. The predicted molar refractivity (Wildman–Crippen MR) is 120 cm³/mol. The third-order valence-corrected chi connectivity index (χ3v) is 9.41. The van der Waals surface area contributed by atoms with E-state index < -0.39 is 5.60 Å². The third-order valence-electron chi connectivity index (χ3n) is 9.41. The number of ether oxygens (including phenoxy) is 1. The fraction of sp³-hybridized carbons (Fsp3) is 0.885. The summed E-state index contributed by atoms with van der Waals surface area (Å²) in [6, 6.07) is 2.41. The van der Waals surface area contributed by atoms with Gasteiger partial charge in [0.1, 0.15) is 11.6 Å². The van der Waals surface area contributed by atoms with Crippen molar-refractivity contribution in [3.63, 3.8) is 0 Å². The molecule has 4 aliphatic carbocycles. The Kier molecular flexibility index (Phi) is 5.36. The maximum atomic E-state index is 13.4. The molecule has 176 valence electrons. The molecule has 1 N–H and O–H groups in total. The van der Waals surface area contributed by atoms with Crippen molar-refractivity contribution < 1.29 is 14.3 Å². The topological polar surface area (TPSA) is 82.4 Å². The van der Waals surface area contributed by atoms with Gasteiger partial charge in [-0.2, -0.15) is 5.26 Å². The number of rotatable bonds is 7. The van der Waals surface area contributed by atoms with Crippen molar-refractivity contribution in [2.75, 3.05) is 7.05 Å². The summed E-state index contributed by atoms with van der Waals surface area (Å²) in [7, 11) is 1.93. The average Bonchev–Trinajstić information content (AvgIpc) is 3.63. The van der Waals surface area contributed by atoms with E-state index in [2.05, 4.69) is 25.2 Å². The van der Waals surface area contributed by atoms with Gasteiger partial charge in [-0.05, 0) is 88.0 Å². The van der Waals surface area contributed by atoms with Gasteiger partial charge in [-0.1, -0.05) is 20.3 Å². The highest BCUT2D eigenvalue weighted by molar-refractivity contribution is 5.79. The lowest BCUT2D eigenvalue weighted by Gasteiger charge is -2.54. The number of amides is 1. The molecule has 1 heterocycles. The van der Waals surface area contributed by atoms with Crippen LogP contribution in [0.4, 0.5) is 0 Å². The Morgan fingerprint density at radius 3 is 2.59 bits per heavy atom. The third kappa shape index (κ3) is 4.06. The highest BCUT2D eigenvalue weighted by atomic mass is 16.6. The molecule has 7 atom stereocenters. The van der Waals surface area contributed by atoms with Gasteiger partial charge >= 0.3 is 5.97 Å². The summed E-state index contributed by atoms with van der Waals surface area (Å²) in [5, 5.41) is 12.8. The fourth-order valence-electron chi connectivity index (χ4n) is 7.79. The summed E-state index contributed by atoms with van der Waals surface area (Å²) < 4.78 is 6.38. The number of hydrogen-bond acceptors (Lipinski definition) is 5. The summed E-state index contributed by atoms with van der Waals surface area (Å²) in [5.41, 5.74) is -0.658. The van der Waals surface area contributed by atoms with Gasteiger partial charge in [0.2, 0.25) is 5.91 Å². The Morgan fingerprint density at radius 1 is 1.16 bits per heavy atom. The molecule has 0 aromatic carbocycles. The molecule has 2 bridgehead atoms. The van der Waals surface area contributed by atoms with Crippen LogP contribution in [0.3, 0.4) is 0 Å². The second-order valence-electron chi connectivity index (χ2n) is 12.3. The summed E-state index contributed by atoms with van der Waals surface area (Å²) in [6.07, 6.45) is 10.9. The largest absolute Gasteiger partial charge is 0.459 e. The molecule has 1 aliphatic heterocycles. The minimum Gasteiger partial charge on any atom is -0.459 e. The molecule has 1 saturated heterocycles. The molecular weight excluding hydrogens is 402 g/mol. The highest BCUT2D eigenvalue weighted by Gasteiger charge is 2.57. The van der Waals surface area contributed by atoms with Crippen LogP contribution in [0, 0.1) is 34.5 Å². The van der Waals surface area contributed by atoms with E-state index in [0.29, 0.717) is 36.6 Å². The molecule has 0 spiro atoms. The van der Waals surface area contributed by atoms with E-state index in [1.54, 1.807) is 0 Å². The van der Waals surface area contributed by atoms with Gasteiger partial charge in [0.15, 0.2) is 0 Å². The van der Waals surface area contributed by atoms with E-state index in [1.165, 1.54) is 6.42 Å². The van der Waals surface area contributed by atoms with Gasteiger partial charge in [-0.15, -0.1) is 0 Å². The summed E-state index contributed by atoms with van der Waals surface area (Å²) >= 11 is 0. The van der Waals surface area contributed by atoms with E-state index in [-0.39, 0.29) is 28.9 Å². The van der Waals surface area contributed by atoms with E-state index in [0.717, 1.165) is 57.8 Å². The van der Waals surface area contributed by atoms with Crippen molar-refractivity contribution in [3.05, 3.63) is 0 Å². The first-order valence-corrected chi connectivity index (χ1v) is 12.8. The van der Waals surface area contributed by atoms with Crippen molar-refractivity contribution in [2.24, 2.45) is 23.2 Å². The minimum absolute atomic E-state index is 0.0528. The van der Waals surface area contributed by atoms with Crippen molar-refractivity contribution in [3.8, 4) is 6.07 Å². The van der Waals surface area contributed by atoms with Gasteiger partial charge < -0.3 is 15.0 Å². The number of nitrogens with zero attached hydrogens (tertiary/aromatic N) is 2. The van der Waals surface area contributed by atoms with E-state index in [4.69, 9.17) is 4.74 Å². The minimum atomic E-state index is -0.431. The quantitative estimate of drug-likeness (QED) is 0.605. The van der Waals surface area contributed by atoms with Crippen molar-refractivity contribution >= 4 is 11.9 Å². The molecule has 4 saturated carbocycles. The van der Waals surface area contributed by atoms with Crippen LogP contribution in [0.25, 0.3) is 0 Å². The molecule has 6 nitrogen and oxygen atoms in total. The van der Waals surface area contributed by atoms with Crippen molar-refractivity contribution in [1.29, 1.82) is 5.26 Å². The summed E-state index contributed by atoms with van der Waals surface area (Å²) in [5.74, 6) is 1.71. The number of carbonyl (C=O) groups is 2. The van der Waals surface area contributed by atoms with Crippen LogP contribution in [-0.2, 0) is 14.3 Å². The molecule has 5 rings (SSSR count). The van der Waals surface area contributed by atoms with Crippen LogP contribution < -0.4 is 5.32 Å². The Balaban J connectivity index is 1.31. The number of nitriles is 1. The maximum Gasteiger partial charge on any atom is 0.308 e. The van der Waals surface area contributed by atoms with Crippen molar-refractivity contribution in [1.82, 2.24) is 10.2 Å². The number of nitrogens with one attached hydrogen (secondary N) is 1. The smallest absolute Gasteiger partial charge is 0.308 e. The van der Waals surface area contributed by atoms with Gasteiger partial charge in [0, 0.05) is 18.0 Å². The molecule has 7 unspecified atom stereocenters. The molecular formula is C26H39N3O3. The molecule has 1 amide bonds. The Morgan fingerprint density at radius 2 is 1.94 bits per heavy atom. The van der Waals surface area contributed by atoms with Crippen LogP contribution in [0.5, 0.6) is 0 Å². The molecule has 0 aromatic heterocycles. The maximum absolute atomic E-state index is 13.4. The Hall–Kier alpha value is -1.61. The normalized spacial score (nSPS) is 43.2. The lowest BCUT2D eigenvalue weighted by molar-refractivity contribution is -0.184. The number of fused-ring (bicyclic) bond motifs is 3. The molecule has 5 aliphatic rings. The van der Waals surface area contributed by atoms with Gasteiger partial charge in [0.25, 0.3) is 0 Å². The monoisotopic (exact) mass is 441 g/mol. The Bertz CT molecular complexity index is 833. The summed E-state index contributed by atoms with van der Waals surface area (Å²) in [4.78, 5) is 28.3. The van der Waals surface area contributed by atoms with E-state index >= 15 is 0 Å². The molecule has 5 fully saturated rings. The standard InChI is InChI=1S/C26H39N3O3/c1-4-17-7-18-10-24(2,13-22(30)29-20(15-27)8-19-9-21(19)29)16-26(11-17,12-18)32-23(31)14-25(28-3)5-6-25/h17-21,28H,4-14,16H2,1-3H3. The zero-order chi connectivity index (χ0) is 22.7. The van der Waals surface area contributed by atoms with E-state index in [1.807, 2.05) is 11.9 Å². The number of piperidine rings is 1. The predicted octanol–water partition coefficient (Wildman–Crippen LogP) is 3.94. The number of likely N-dealkylation sites (tertiary alicyclic amines) is 1. The van der Waals surface area contributed by atoms with Crippen LogP contribution in [0.15, 0.2) is 0 Å². The first-order valence-electron chi connectivity index (χ1n) is 12.8. The van der Waals surface area contributed by atoms with Crippen molar-refractivity contribution in [2.45, 2.75) is 114 Å². The summed E-state index contributed by atoms with van der Waals surface area (Å²) in [6.45, 7) is 4.47. The fourth-order valence-corrected chi connectivity index (χ4v) is 7.79.